The number of carbonyl (C=O) groups is 1. The minimum atomic E-state index is -0.740. The molecule has 3 aromatic rings. The largest absolute Gasteiger partial charge is 0.481 e. The third-order valence-electron chi connectivity index (χ3n) is 7.19. The average Bonchev–Trinajstić information content (AvgIpc) is 3.52. The number of hydrogen-bond donors (Lipinski definition) is 3. The highest BCUT2D eigenvalue weighted by atomic mass is 19.1. The summed E-state index contributed by atoms with van der Waals surface area (Å²) in [5.41, 5.74) is 12.0. The maximum atomic E-state index is 14.1. The third-order valence-corrected chi connectivity index (χ3v) is 7.19. The van der Waals surface area contributed by atoms with Crippen molar-refractivity contribution < 1.29 is 19.0 Å². The predicted octanol–water partition coefficient (Wildman–Crippen LogP) is 4.82. The number of nitrogens with one attached hydrogen (secondary N) is 1. The van der Waals surface area contributed by atoms with E-state index in [1.165, 1.54) is 12.3 Å². The summed E-state index contributed by atoms with van der Waals surface area (Å²) >= 11 is 0. The summed E-state index contributed by atoms with van der Waals surface area (Å²) in [6, 6.07) is 8.95. The van der Waals surface area contributed by atoms with Gasteiger partial charge in [0.2, 0.25) is 0 Å². The van der Waals surface area contributed by atoms with Gasteiger partial charge in [-0.15, -0.1) is 0 Å². The van der Waals surface area contributed by atoms with Crippen LogP contribution in [0.15, 0.2) is 30.3 Å². The number of ether oxygens (including phenoxy) is 1. The Morgan fingerprint density at radius 2 is 2.06 bits per heavy atom. The maximum absolute atomic E-state index is 14.1. The van der Waals surface area contributed by atoms with E-state index in [9.17, 15) is 14.3 Å². The molecule has 2 unspecified atom stereocenters. The molecule has 6 nitrogen and oxygen atoms in total. The highest BCUT2D eigenvalue weighted by molar-refractivity contribution is 5.98. The van der Waals surface area contributed by atoms with Gasteiger partial charge in [0.25, 0.3) is 0 Å². The number of nitrogens with two attached hydrogens (primary N) is 1. The number of aliphatic carboxylic acids is 1. The number of aryl methyl sites for hydroxylation is 1. The average molecular weight is 450 g/mol. The van der Waals surface area contributed by atoms with Crippen LogP contribution in [0.25, 0.3) is 16.6 Å². The zero-order chi connectivity index (χ0) is 23.3. The zero-order valence-electron chi connectivity index (χ0n) is 18.6. The number of halogens is 1. The summed E-state index contributed by atoms with van der Waals surface area (Å²) in [5.74, 6) is -0.972. The minimum absolute atomic E-state index is 0.0960. The monoisotopic (exact) mass is 449 g/mol. The van der Waals surface area contributed by atoms with Gasteiger partial charge in [-0.1, -0.05) is 0 Å². The van der Waals surface area contributed by atoms with E-state index in [2.05, 4.69) is 4.57 Å². The van der Waals surface area contributed by atoms with Crippen LogP contribution in [0.5, 0.6) is 0 Å². The molecule has 5 rings (SSSR count). The van der Waals surface area contributed by atoms with E-state index in [1.807, 2.05) is 18.2 Å². The van der Waals surface area contributed by atoms with Crippen molar-refractivity contribution in [3.8, 4) is 5.69 Å². The lowest BCUT2D eigenvalue weighted by molar-refractivity contribution is -0.138. The summed E-state index contributed by atoms with van der Waals surface area (Å²) in [7, 11) is 0. The fraction of sp³-hybridized carbons (Fsp3) is 0.385. The van der Waals surface area contributed by atoms with E-state index < -0.39 is 5.97 Å². The highest BCUT2D eigenvalue weighted by Gasteiger charge is 2.44. The van der Waals surface area contributed by atoms with Gasteiger partial charge >= 0.3 is 5.97 Å². The molecular formula is C26H28FN3O3. The van der Waals surface area contributed by atoms with Gasteiger partial charge in [-0.05, 0) is 80.0 Å². The van der Waals surface area contributed by atoms with Gasteiger partial charge in [-0.25, -0.2) is 4.39 Å². The number of fused-ring (bicyclic) bond motifs is 1. The molecule has 0 bridgehead atoms. The Labute approximate surface area is 191 Å². The molecule has 1 aliphatic heterocycles. The number of aromatic nitrogens is 1. The van der Waals surface area contributed by atoms with E-state index in [-0.39, 0.29) is 23.6 Å². The SMILES string of the molecule is Cc1cc(-n2c(C3CCOCC3)c(CC3CC3C(=O)O)c3cc(N)c(C=N)cc32)ccc1F. The predicted molar refractivity (Wildman–Crippen MR) is 126 cm³/mol. The number of rotatable bonds is 6. The second-order valence-electron chi connectivity index (χ2n) is 9.31. The topological polar surface area (TPSA) is 101 Å². The van der Waals surface area contributed by atoms with Gasteiger partial charge in [0.05, 0.1) is 11.4 Å². The lowest BCUT2D eigenvalue weighted by Crippen LogP contribution is -2.18. The molecule has 0 spiro atoms. The molecule has 33 heavy (non-hydrogen) atoms. The van der Waals surface area contributed by atoms with E-state index in [1.54, 1.807) is 13.0 Å². The van der Waals surface area contributed by atoms with Crippen molar-refractivity contribution in [3.05, 3.63) is 58.5 Å². The molecule has 2 heterocycles. The molecule has 1 aromatic heterocycles. The van der Waals surface area contributed by atoms with Gasteiger partial charge in [0.15, 0.2) is 0 Å². The Bertz CT molecular complexity index is 1260. The van der Waals surface area contributed by atoms with Crippen LogP contribution in [0.2, 0.25) is 0 Å². The zero-order valence-corrected chi connectivity index (χ0v) is 18.6. The highest BCUT2D eigenvalue weighted by Crippen LogP contribution is 2.46. The summed E-state index contributed by atoms with van der Waals surface area (Å²) in [5, 5.41) is 18.3. The lowest BCUT2D eigenvalue weighted by Gasteiger charge is -2.26. The quantitative estimate of drug-likeness (QED) is 0.371. The maximum Gasteiger partial charge on any atom is 0.306 e. The number of hydrogen-bond acceptors (Lipinski definition) is 4. The molecule has 2 aromatic carbocycles. The summed E-state index contributed by atoms with van der Waals surface area (Å²) in [4.78, 5) is 11.5. The molecule has 2 fully saturated rings. The van der Waals surface area contributed by atoms with Gasteiger partial charge in [-0.3, -0.25) is 4.79 Å². The number of anilines is 1. The molecule has 1 saturated heterocycles. The Hall–Kier alpha value is -3.19. The number of nitrogens with zero attached hydrogens (tertiary/aromatic N) is 1. The second-order valence-corrected chi connectivity index (χ2v) is 9.31. The lowest BCUT2D eigenvalue weighted by atomic mass is 9.90. The third kappa shape index (κ3) is 3.80. The van der Waals surface area contributed by atoms with Crippen LogP contribution in [0.4, 0.5) is 10.1 Å². The van der Waals surface area contributed by atoms with Crippen molar-refractivity contribution in [2.75, 3.05) is 18.9 Å². The van der Waals surface area contributed by atoms with Crippen LogP contribution in [0.3, 0.4) is 0 Å². The van der Waals surface area contributed by atoms with Gasteiger partial charge < -0.3 is 25.6 Å². The number of benzene rings is 2. The molecule has 0 radical (unpaired) electrons. The molecule has 7 heteroatoms. The Kier molecular flexibility index (Phi) is 5.44. The second kappa shape index (κ2) is 8.30. The van der Waals surface area contributed by atoms with Gasteiger partial charge in [0, 0.05) is 53.4 Å². The molecule has 0 amide bonds. The van der Waals surface area contributed by atoms with Gasteiger partial charge in [0.1, 0.15) is 5.82 Å². The van der Waals surface area contributed by atoms with E-state index >= 15 is 0 Å². The number of nitrogen functional groups attached to an aromatic ring is 1. The van der Waals surface area contributed by atoms with Crippen LogP contribution < -0.4 is 5.73 Å². The fourth-order valence-electron chi connectivity index (χ4n) is 5.27. The fourth-order valence-corrected chi connectivity index (χ4v) is 5.27. The van der Waals surface area contributed by atoms with Crippen LogP contribution in [0.1, 0.15) is 47.6 Å². The van der Waals surface area contributed by atoms with Crippen LogP contribution in [-0.2, 0) is 16.0 Å². The van der Waals surface area contributed by atoms with Crippen molar-refractivity contribution in [2.45, 2.75) is 38.5 Å². The Morgan fingerprint density at radius 3 is 2.70 bits per heavy atom. The summed E-state index contributed by atoms with van der Waals surface area (Å²) in [6.07, 6.45) is 4.32. The summed E-state index contributed by atoms with van der Waals surface area (Å²) < 4.78 is 21.9. The molecule has 1 saturated carbocycles. The Morgan fingerprint density at radius 1 is 1.30 bits per heavy atom. The van der Waals surface area contributed by atoms with Crippen molar-refractivity contribution in [2.24, 2.45) is 11.8 Å². The van der Waals surface area contributed by atoms with Crippen LogP contribution in [-0.4, -0.2) is 35.1 Å². The minimum Gasteiger partial charge on any atom is -0.481 e. The molecule has 1 aliphatic carbocycles. The first kappa shape index (κ1) is 21.6. The molecule has 2 aliphatic rings. The van der Waals surface area contributed by atoms with E-state index in [0.29, 0.717) is 42.9 Å². The first-order valence-corrected chi connectivity index (χ1v) is 11.4. The normalized spacial score (nSPS) is 20.8. The van der Waals surface area contributed by atoms with Crippen molar-refractivity contribution in [3.63, 3.8) is 0 Å². The molecule has 172 valence electrons. The number of carboxylic acids is 1. The van der Waals surface area contributed by atoms with Gasteiger partial charge in [-0.2, -0.15) is 0 Å². The van der Waals surface area contributed by atoms with E-state index in [0.717, 1.165) is 40.7 Å². The molecule has 2 atom stereocenters. The smallest absolute Gasteiger partial charge is 0.306 e. The van der Waals surface area contributed by atoms with E-state index in [4.69, 9.17) is 15.9 Å². The standard InChI is InChI=1S/C26H28FN3O3/c1-14-8-18(2-3-22(14)27)30-24-11-17(13-28)23(29)12-20(24)21(10-16-9-19(16)26(31)32)25(30)15-4-6-33-7-5-15/h2-3,8,11-13,15-16,19,28H,4-7,9-10,29H2,1H3,(H,31,32). The van der Waals surface area contributed by atoms with Crippen molar-refractivity contribution >= 4 is 28.8 Å². The van der Waals surface area contributed by atoms with Crippen LogP contribution in [0, 0.1) is 30.0 Å². The first-order valence-electron chi connectivity index (χ1n) is 11.4. The molecule has 4 N–H and O–H groups in total. The van der Waals surface area contributed by atoms with Crippen LogP contribution >= 0.6 is 0 Å². The molecular weight excluding hydrogens is 421 g/mol. The first-order chi connectivity index (χ1) is 15.9. The number of carboxylic acid groups (broad SMARTS) is 1. The van der Waals surface area contributed by atoms with Crippen molar-refractivity contribution in [1.29, 1.82) is 5.41 Å². The Balaban J connectivity index is 1.78. The van der Waals surface area contributed by atoms with Crippen molar-refractivity contribution in [1.82, 2.24) is 4.57 Å². The summed E-state index contributed by atoms with van der Waals surface area (Å²) in [6.45, 7) is 3.09.